The third-order valence-corrected chi connectivity index (χ3v) is 3.47. The number of rotatable bonds is 8. The third-order valence-electron chi connectivity index (χ3n) is 3.47. The highest BCUT2D eigenvalue weighted by Gasteiger charge is 2.22. The van der Waals surface area contributed by atoms with E-state index < -0.39 is 5.97 Å². The Morgan fingerprint density at radius 2 is 1.88 bits per heavy atom. The lowest BCUT2D eigenvalue weighted by Crippen LogP contribution is -2.37. The number of hydrogen-bond acceptors (Lipinski definition) is 2. The van der Waals surface area contributed by atoms with E-state index in [1.165, 1.54) is 19.3 Å². The summed E-state index contributed by atoms with van der Waals surface area (Å²) in [7, 11) is 0. The largest absolute Gasteiger partial charge is 0.481 e. The highest BCUT2D eigenvalue weighted by Crippen LogP contribution is 2.27. The van der Waals surface area contributed by atoms with Gasteiger partial charge < -0.3 is 10.0 Å². The SMILES string of the molecule is CCN(CC1CCC1)C(=O)CCCCC(=O)O. The maximum Gasteiger partial charge on any atom is 0.303 e. The molecule has 1 N–H and O–H groups in total. The van der Waals surface area contributed by atoms with Gasteiger partial charge in [0.2, 0.25) is 5.91 Å². The zero-order chi connectivity index (χ0) is 12.7. The number of carboxylic acids is 1. The Hall–Kier alpha value is -1.06. The summed E-state index contributed by atoms with van der Waals surface area (Å²) in [5, 5.41) is 8.50. The average Bonchev–Trinajstić information content (AvgIpc) is 2.22. The van der Waals surface area contributed by atoms with Crippen LogP contribution in [0.5, 0.6) is 0 Å². The zero-order valence-corrected chi connectivity index (χ0v) is 10.7. The number of unbranched alkanes of at least 4 members (excludes halogenated alkanes) is 1. The highest BCUT2D eigenvalue weighted by molar-refractivity contribution is 5.76. The van der Waals surface area contributed by atoms with Crippen LogP contribution in [0.15, 0.2) is 0 Å². The number of amides is 1. The number of nitrogens with zero attached hydrogens (tertiary/aromatic N) is 1. The van der Waals surface area contributed by atoms with Crippen molar-refractivity contribution in [1.29, 1.82) is 0 Å². The third kappa shape index (κ3) is 5.20. The van der Waals surface area contributed by atoms with Gasteiger partial charge in [0.05, 0.1) is 0 Å². The quantitative estimate of drug-likeness (QED) is 0.663. The lowest BCUT2D eigenvalue weighted by atomic mass is 9.85. The van der Waals surface area contributed by atoms with E-state index in [1.54, 1.807) is 0 Å². The molecule has 0 aromatic rings. The molecule has 0 heterocycles. The maximum atomic E-state index is 11.9. The second-order valence-electron chi connectivity index (χ2n) is 4.83. The van der Waals surface area contributed by atoms with E-state index >= 15 is 0 Å². The van der Waals surface area contributed by atoms with Crippen LogP contribution in [-0.4, -0.2) is 35.0 Å². The summed E-state index contributed by atoms with van der Waals surface area (Å²) in [5.41, 5.74) is 0. The van der Waals surface area contributed by atoms with E-state index in [9.17, 15) is 9.59 Å². The van der Waals surface area contributed by atoms with Crippen LogP contribution >= 0.6 is 0 Å². The van der Waals surface area contributed by atoms with Crippen molar-refractivity contribution in [2.24, 2.45) is 5.92 Å². The molecule has 17 heavy (non-hydrogen) atoms. The molecule has 1 aliphatic rings. The normalized spacial score (nSPS) is 15.4. The van der Waals surface area contributed by atoms with Gasteiger partial charge in [0.1, 0.15) is 0 Å². The van der Waals surface area contributed by atoms with Crippen molar-refractivity contribution in [3.05, 3.63) is 0 Å². The van der Waals surface area contributed by atoms with Crippen LogP contribution in [0.1, 0.15) is 51.9 Å². The Balaban J connectivity index is 2.16. The van der Waals surface area contributed by atoms with Crippen LogP contribution in [0.4, 0.5) is 0 Å². The molecule has 1 saturated carbocycles. The minimum Gasteiger partial charge on any atom is -0.481 e. The Bertz CT molecular complexity index is 261. The lowest BCUT2D eigenvalue weighted by molar-refractivity contribution is -0.137. The standard InChI is InChI=1S/C13H23NO3/c1-2-14(10-11-6-5-7-11)12(15)8-3-4-9-13(16)17/h11H,2-10H2,1H3,(H,16,17). The molecule has 0 radical (unpaired) electrons. The fourth-order valence-electron chi connectivity index (χ4n) is 2.10. The molecule has 1 fully saturated rings. The smallest absolute Gasteiger partial charge is 0.303 e. The van der Waals surface area contributed by atoms with Gasteiger partial charge in [0.25, 0.3) is 0 Å². The van der Waals surface area contributed by atoms with Gasteiger partial charge in [-0.3, -0.25) is 9.59 Å². The van der Waals surface area contributed by atoms with Crippen molar-refractivity contribution in [3.8, 4) is 0 Å². The van der Waals surface area contributed by atoms with Crippen LogP contribution in [0, 0.1) is 5.92 Å². The first-order valence-electron chi connectivity index (χ1n) is 6.63. The van der Waals surface area contributed by atoms with E-state index in [-0.39, 0.29) is 12.3 Å². The first-order chi connectivity index (χ1) is 8.13. The van der Waals surface area contributed by atoms with Crippen LogP contribution in [0.3, 0.4) is 0 Å². The van der Waals surface area contributed by atoms with Gasteiger partial charge in [-0.1, -0.05) is 6.42 Å². The van der Waals surface area contributed by atoms with Crippen LogP contribution in [-0.2, 0) is 9.59 Å². The molecule has 0 atom stereocenters. The second-order valence-corrected chi connectivity index (χ2v) is 4.83. The topological polar surface area (TPSA) is 57.6 Å². The van der Waals surface area contributed by atoms with Gasteiger partial charge in [-0.15, -0.1) is 0 Å². The van der Waals surface area contributed by atoms with Crippen LogP contribution in [0.25, 0.3) is 0 Å². The van der Waals surface area contributed by atoms with Crippen molar-refractivity contribution in [3.63, 3.8) is 0 Å². The first kappa shape index (κ1) is 14.0. The molecule has 1 rings (SSSR count). The number of carbonyl (C=O) groups excluding carboxylic acids is 1. The zero-order valence-electron chi connectivity index (χ0n) is 10.7. The van der Waals surface area contributed by atoms with Crippen molar-refractivity contribution < 1.29 is 14.7 Å². The summed E-state index contributed by atoms with van der Waals surface area (Å²) in [6.07, 6.45) is 5.75. The number of aliphatic carboxylic acids is 1. The van der Waals surface area contributed by atoms with Gasteiger partial charge in [-0.05, 0) is 38.5 Å². The minimum absolute atomic E-state index is 0.169. The van der Waals surface area contributed by atoms with Gasteiger partial charge >= 0.3 is 5.97 Å². The van der Waals surface area contributed by atoms with Crippen LogP contribution < -0.4 is 0 Å². The van der Waals surface area contributed by atoms with Gasteiger partial charge in [-0.2, -0.15) is 0 Å². The number of carboxylic acid groups (broad SMARTS) is 1. The van der Waals surface area contributed by atoms with Crippen molar-refractivity contribution in [2.75, 3.05) is 13.1 Å². The summed E-state index contributed by atoms with van der Waals surface area (Å²) in [6.45, 7) is 3.68. The van der Waals surface area contributed by atoms with Crippen molar-refractivity contribution >= 4 is 11.9 Å². The van der Waals surface area contributed by atoms with Crippen molar-refractivity contribution in [2.45, 2.75) is 51.9 Å². The van der Waals surface area contributed by atoms with E-state index in [0.717, 1.165) is 13.1 Å². The van der Waals surface area contributed by atoms with Gasteiger partial charge in [0, 0.05) is 25.9 Å². The molecule has 4 heteroatoms. The van der Waals surface area contributed by atoms with Crippen molar-refractivity contribution in [1.82, 2.24) is 4.90 Å². The Kier molecular flexibility index (Phi) is 6.01. The predicted molar refractivity (Wildman–Crippen MR) is 65.7 cm³/mol. The van der Waals surface area contributed by atoms with E-state index in [0.29, 0.717) is 25.2 Å². The Morgan fingerprint density at radius 3 is 2.35 bits per heavy atom. The van der Waals surface area contributed by atoms with Crippen LogP contribution in [0.2, 0.25) is 0 Å². The lowest BCUT2D eigenvalue weighted by Gasteiger charge is -2.31. The monoisotopic (exact) mass is 241 g/mol. The summed E-state index contributed by atoms with van der Waals surface area (Å²) in [5.74, 6) is 0.113. The number of carbonyl (C=O) groups is 2. The Labute approximate surface area is 103 Å². The summed E-state index contributed by atoms with van der Waals surface area (Å²) >= 11 is 0. The molecule has 98 valence electrons. The molecule has 1 aliphatic carbocycles. The number of hydrogen-bond donors (Lipinski definition) is 1. The fraction of sp³-hybridized carbons (Fsp3) is 0.846. The molecule has 0 aromatic carbocycles. The molecule has 0 aromatic heterocycles. The second kappa shape index (κ2) is 7.30. The summed E-state index contributed by atoms with van der Waals surface area (Å²) in [6, 6.07) is 0. The summed E-state index contributed by atoms with van der Waals surface area (Å²) in [4.78, 5) is 24.1. The summed E-state index contributed by atoms with van der Waals surface area (Å²) < 4.78 is 0. The van der Waals surface area contributed by atoms with Gasteiger partial charge in [0.15, 0.2) is 0 Å². The minimum atomic E-state index is -0.778. The van der Waals surface area contributed by atoms with E-state index in [4.69, 9.17) is 5.11 Å². The first-order valence-corrected chi connectivity index (χ1v) is 6.63. The fourth-order valence-corrected chi connectivity index (χ4v) is 2.10. The molecule has 0 saturated heterocycles. The Morgan fingerprint density at radius 1 is 1.24 bits per heavy atom. The molecule has 4 nitrogen and oxygen atoms in total. The highest BCUT2D eigenvalue weighted by atomic mass is 16.4. The molecular formula is C13H23NO3. The van der Waals surface area contributed by atoms with E-state index in [2.05, 4.69) is 0 Å². The maximum absolute atomic E-state index is 11.9. The molecule has 1 amide bonds. The molecule has 0 aliphatic heterocycles. The predicted octanol–water partition coefficient (Wildman–Crippen LogP) is 2.28. The molecular weight excluding hydrogens is 218 g/mol. The molecule has 0 spiro atoms. The average molecular weight is 241 g/mol. The van der Waals surface area contributed by atoms with E-state index in [1.807, 2.05) is 11.8 Å². The molecule has 0 bridgehead atoms. The van der Waals surface area contributed by atoms with Gasteiger partial charge in [-0.25, -0.2) is 0 Å². The molecule has 0 unspecified atom stereocenters.